The minimum atomic E-state index is -1.40. The number of nitrogens with zero attached hydrogens (tertiary/aromatic N) is 1. The van der Waals surface area contributed by atoms with Crippen molar-refractivity contribution in [2.75, 3.05) is 6.61 Å². The van der Waals surface area contributed by atoms with Gasteiger partial charge in [0.2, 0.25) is 5.75 Å². The fraction of sp³-hybridized carbons (Fsp3) is 0.667. The van der Waals surface area contributed by atoms with Gasteiger partial charge in [0, 0.05) is 18.1 Å². The lowest BCUT2D eigenvalue weighted by atomic mass is 9.50. The van der Waals surface area contributed by atoms with Gasteiger partial charge in [0.1, 0.15) is 0 Å². The van der Waals surface area contributed by atoms with E-state index in [0.29, 0.717) is 13.0 Å². The molecule has 0 saturated heterocycles. The van der Waals surface area contributed by atoms with Crippen molar-refractivity contribution < 1.29 is 24.3 Å². The predicted octanol–water partition coefficient (Wildman–Crippen LogP) is 3.31. The molecule has 7 heteroatoms. The van der Waals surface area contributed by atoms with Gasteiger partial charge in [0.25, 0.3) is 0 Å². The summed E-state index contributed by atoms with van der Waals surface area (Å²) in [6, 6.07) is 3.42. The van der Waals surface area contributed by atoms with Crippen LogP contribution >= 0.6 is 0 Å². The Hall–Kier alpha value is -2.15. The van der Waals surface area contributed by atoms with E-state index in [0.717, 1.165) is 36.0 Å². The topological polar surface area (TPSA) is 102 Å². The lowest BCUT2D eigenvalue weighted by molar-refractivity contribution is -0.386. The fourth-order valence-electron chi connectivity index (χ4n) is 6.00. The summed E-state index contributed by atoms with van der Waals surface area (Å²) in [5, 5.41) is 22.4. The van der Waals surface area contributed by atoms with Crippen LogP contribution in [-0.4, -0.2) is 23.8 Å². The van der Waals surface area contributed by atoms with E-state index in [4.69, 9.17) is 9.47 Å². The molecule has 4 aliphatic carbocycles. The first kappa shape index (κ1) is 19.2. The van der Waals surface area contributed by atoms with E-state index in [1.165, 1.54) is 38.5 Å². The number of nitro groups is 1. The number of aromatic carboxylic acids is 1. The Kier molecular flexibility index (Phi) is 5.04. The molecule has 1 atom stereocenters. The molecule has 0 N–H and O–H groups in total. The summed E-state index contributed by atoms with van der Waals surface area (Å²) < 4.78 is 11.9. The maximum absolute atomic E-state index is 11.3. The monoisotopic (exact) mass is 388 g/mol. The molecule has 28 heavy (non-hydrogen) atoms. The van der Waals surface area contributed by atoms with Crippen molar-refractivity contribution in [3.05, 3.63) is 33.9 Å². The molecule has 0 radical (unpaired) electrons. The van der Waals surface area contributed by atoms with Crippen molar-refractivity contribution >= 4 is 11.7 Å². The molecule has 7 nitrogen and oxygen atoms in total. The van der Waals surface area contributed by atoms with E-state index in [-0.39, 0.29) is 22.4 Å². The molecule has 0 aliphatic heterocycles. The largest absolute Gasteiger partial charge is 0.545 e. The van der Waals surface area contributed by atoms with Gasteiger partial charge in [-0.25, -0.2) is 0 Å². The van der Waals surface area contributed by atoms with Crippen LogP contribution in [0.3, 0.4) is 0 Å². The third-order valence-electron chi connectivity index (χ3n) is 6.72. The highest BCUT2D eigenvalue weighted by Gasteiger charge is 2.51. The summed E-state index contributed by atoms with van der Waals surface area (Å²) in [5.41, 5.74) is -0.219. The lowest BCUT2D eigenvalue weighted by Crippen LogP contribution is -2.48. The Labute approximate surface area is 164 Å². The van der Waals surface area contributed by atoms with E-state index in [1.807, 2.05) is 6.92 Å². The van der Waals surface area contributed by atoms with Gasteiger partial charge in [-0.2, -0.15) is 0 Å². The quantitative estimate of drug-likeness (QED) is 0.385. The van der Waals surface area contributed by atoms with Crippen molar-refractivity contribution in [3.8, 4) is 5.75 Å². The molecule has 4 aliphatic rings. The van der Waals surface area contributed by atoms with Crippen LogP contribution in [-0.2, 0) is 4.74 Å². The third-order valence-corrected chi connectivity index (χ3v) is 6.72. The molecule has 0 spiro atoms. The number of benzene rings is 1. The molecule has 5 rings (SSSR count). The number of carboxylic acid groups (broad SMARTS) is 1. The summed E-state index contributed by atoms with van der Waals surface area (Å²) >= 11 is 0. The molecule has 152 valence electrons. The zero-order valence-electron chi connectivity index (χ0n) is 16.1. The van der Waals surface area contributed by atoms with Crippen molar-refractivity contribution in [3.63, 3.8) is 0 Å². The van der Waals surface area contributed by atoms with Gasteiger partial charge in [0.15, 0.2) is 6.29 Å². The van der Waals surface area contributed by atoms with E-state index >= 15 is 0 Å². The Morgan fingerprint density at radius 3 is 2.32 bits per heavy atom. The summed E-state index contributed by atoms with van der Waals surface area (Å²) in [4.78, 5) is 21.8. The van der Waals surface area contributed by atoms with Crippen molar-refractivity contribution in [2.24, 2.45) is 23.2 Å². The second-order valence-corrected chi connectivity index (χ2v) is 8.91. The molecule has 1 aromatic rings. The zero-order valence-corrected chi connectivity index (χ0v) is 16.1. The lowest BCUT2D eigenvalue weighted by Gasteiger charge is -2.56. The highest BCUT2D eigenvalue weighted by atomic mass is 16.7. The summed E-state index contributed by atoms with van der Waals surface area (Å²) in [5.74, 6) is 0.955. The van der Waals surface area contributed by atoms with Crippen LogP contribution in [0.1, 0.15) is 62.2 Å². The normalized spacial score (nSPS) is 31.5. The molecule has 4 fully saturated rings. The Bertz CT molecular complexity index is 741. The molecule has 4 saturated carbocycles. The molecule has 0 amide bonds. The smallest absolute Gasteiger partial charge is 0.311 e. The Morgan fingerprint density at radius 1 is 1.21 bits per heavy atom. The summed E-state index contributed by atoms with van der Waals surface area (Å²) in [6.07, 6.45) is 7.54. The summed E-state index contributed by atoms with van der Waals surface area (Å²) in [6.45, 7) is 2.49. The zero-order chi connectivity index (χ0) is 19.9. The number of hydrogen-bond acceptors (Lipinski definition) is 6. The van der Waals surface area contributed by atoms with Crippen LogP contribution in [0.2, 0.25) is 0 Å². The number of hydrogen-bond donors (Lipinski definition) is 0. The number of ether oxygens (including phenoxy) is 2. The van der Waals surface area contributed by atoms with E-state index < -0.39 is 17.2 Å². The van der Waals surface area contributed by atoms with Crippen molar-refractivity contribution in [1.29, 1.82) is 0 Å². The minimum Gasteiger partial charge on any atom is -0.545 e. The van der Waals surface area contributed by atoms with Gasteiger partial charge in [-0.05, 0) is 73.8 Å². The first-order chi connectivity index (χ1) is 13.4. The first-order valence-corrected chi connectivity index (χ1v) is 10.2. The van der Waals surface area contributed by atoms with Crippen LogP contribution in [0.5, 0.6) is 5.75 Å². The second kappa shape index (κ2) is 7.35. The van der Waals surface area contributed by atoms with E-state index in [1.54, 1.807) is 0 Å². The van der Waals surface area contributed by atoms with Crippen LogP contribution in [0.4, 0.5) is 5.69 Å². The number of rotatable bonds is 8. The molecule has 1 unspecified atom stereocenters. The van der Waals surface area contributed by atoms with Crippen molar-refractivity contribution in [2.45, 2.75) is 58.2 Å². The fourth-order valence-corrected chi connectivity index (χ4v) is 6.00. The van der Waals surface area contributed by atoms with Crippen LogP contribution in [0.25, 0.3) is 0 Å². The third kappa shape index (κ3) is 3.72. The second-order valence-electron chi connectivity index (χ2n) is 8.91. The average molecular weight is 388 g/mol. The SMILES string of the molecule is CCC(OCC12CC3CC(CC(C3)C1)C2)Oc1cc(C(=O)[O-])ccc1[N+](=O)[O-]. The highest BCUT2D eigenvalue weighted by Crippen LogP contribution is 2.60. The standard InChI is InChI=1S/C21H27NO6/c1-2-19(28-18-8-16(20(23)24)3-4-17(18)22(25)26)27-12-21-9-13-5-14(10-21)7-15(6-13)11-21/h3-4,8,13-15,19H,2,5-7,9-12H2,1H3,(H,23,24)/p-1. The molecule has 4 bridgehead atoms. The van der Waals surface area contributed by atoms with Gasteiger partial charge in [-0.3, -0.25) is 10.1 Å². The average Bonchev–Trinajstić information content (AvgIpc) is 2.63. The number of carboxylic acids is 1. The summed E-state index contributed by atoms with van der Waals surface area (Å²) in [7, 11) is 0. The number of nitro benzene ring substituents is 1. The predicted molar refractivity (Wildman–Crippen MR) is 98.7 cm³/mol. The molecule has 0 aromatic heterocycles. The van der Waals surface area contributed by atoms with Crippen molar-refractivity contribution in [1.82, 2.24) is 0 Å². The number of carbonyl (C=O) groups is 1. The van der Waals surface area contributed by atoms with Crippen LogP contribution in [0, 0.1) is 33.3 Å². The molecular formula is C21H26NO6-. The van der Waals surface area contributed by atoms with Crippen LogP contribution < -0.4 is 9.84 Å². The van der Waals surface area contributed by atoms with E-state index in [2.05, 4.69) is 0 Å². The minimum absolute atomic E-state index is 0.0935. The first-order valence-electron chi connectivity index (χ1n) is 10.2. The van der Waals surface area contributed by atoms with Gasteiger partial charge < -0.3 is 19.4 Å². The maximum Gasteiger partial charge on any atom is 0.311 e. The van der Waals surface area contributed by atoms with Gasteiger partial charge in [-0.1, -0.05) is 6.92 Å². The molecule has 1 aromatic carbocycles. The molecular weight excluding hydrogens is 362 g/mol. The maximum atomic E-state index is 11.3. The van der Waals surface area contributed by atoms with Crippen LogP contribution in [0.15, 0.2) is 18.2 Å². The van der Waals surface area contributed by atoms with Gasteiger partial charge in [0.05, 0.1) is 17.5 Å². The van der Waals surface area contributed by atoms with Gasteiger partial charge >= 0.3 is 5.69 Å². The Morgan fingerprint density at radius 2 is 1.82 bits per heavy atom. The highest BCUT2D eigenvalue weighted by molar-refractivity contribution is 5.87. The van der Waals surface area contributed by atoms with Gasteiger partial charge in [-0.15, -0.1) is 0 Å². The molecule has 0 heterocycles. The number of carbonyl (C=O) groups excluding carboxylic acids is 1. The Balaban J connectivity index is 1.46. The van der Waals surface area contributed by atoms with E-state index in [9.17, 15) is 20.0 Å².